The van der Waals surface area contributed by atoms with Crippen molar-refractivity contribution in [1.82, 2.24) is 15.1 Å². The summed E-state index contributed by atoms with van der Waals surface area (Å²) in [6, 6.07) is 7.24. The summed E-state index contributed by atoms with van der Waals surface area (Å²) in [5.41, 5.74) is -0.151. The van der Waals surface area contributed by atoms with Crippen molar-refractivity contribution >= 4 is 17.6 Å². The Morgan fingerprint density at radius 1 is 1.29 bits per heavy atom. The molecule has 9 nitrogen and oxygen atoms in total. The molecule has 24 heavy (non-hydrogen) atoms. The van der Waals surface area contributed by atoms with E-state index in [0.717, 1.165) is 0 Å². The van der Waals surface area contributed by atoms with E-state index in [1.54, 1.807) is 6.20 Å². The summed E-state index contributed by atoms with van der Waals surface area (Å²) < 4.78 is 1.42. The molecule has 0 aliphatic heterocycles. The number of rotatable bonds is 6. The van der Waals surface area contributed by atoms with Crippen LogP contribution in [0.25, 0.3) is 5.69 Å². The van der Waals surface area contributed by atoms with Gasteiger partial charge in [0.05, 0.1) is 16.0 Å². The number of nitro groups is 1. The lowest BCUT2D eigenvalue weighted by Gasteiger charge is -2.09. The Labute approximate surface area is 136 Å². The van der Waals surface area contributed by atoms with Gasteiger partial charge in [-0.3, -0.25) is 19.7 Å². The maximum absolute atomic E-state index is 12.1. The largest absolute Gasteiger partial charge is 0.481 e. The maximum atomic E-state index is 12.1. The molecule has 2 N–H and O–H groups in total. The van der Waals surface area contributed by atoms with Crippen LogP contribution < -0.4 is 5.32 Å². The molecule has 1 aliphatic carbocycles. The van der Waals surface area contributed by atoms with Gasteiger partial charge >= 0.3 is 5.97 Å². The van der Waals surface area contributed by atoms with E-state index in [-0.39, 0.29) is 17.9 Å². The average molecular weight is 330 g/mol. The van der Waals surface area contributed by atoms with Crippen molar-refractivity contribution in [1.29, 1.82) is 0 Å². The minimum absolute atomic E-state index is 0.0349. The molecule has 1 aliphatic rings. The van der Waals surface area contributed by atoms with Crippen LogP contribution in [0.5, 0.6) is 0 Å². The van der Waals surface area contributed by atoms with Crippen molar-refractivity contribution < 1.29 is 19.6 Å². The molecule has 2 aromatic rings. The number of aliphatic carboxylic acids is 1. The van der Waals surface area contributed by atoms with Gasteiger partial charge in [-0.05, 0) is 31.0 Å². The number of benzene rings is 1. The second kappa shape index (κ2) is 5.76. The highest BCUT2D eigenvalue weighted by Gasteiger charge is 2.50. The lowest BCUT2D eigenvalue weighted by molar-refractivity contribution is -0.384. The highest BCUT2D eigenvalue weighted by atomic mass is 16.6. The third-order valence-corrected chi connectivity index (χ3v) is 4.04. The number of nitrogens with one attached hydrogen (secondary N) is 1. The number of nitrogens with zero attached hydrogens (tertiary/aromatic N) is 3. The molecule has 1 heterocycles. The molecule has 3 rings (SSSR count). The van der Waals surface area contributed by atoms with Crippen LogP contribution in [0.4, 0.5) is 5.69 Å². The normalized spacial score (nSPS) is 14.8. The monoisotopic (exact) mass is 330 g/mol. The van der Waals surface area contributed by atoms with Crippen LogP contribution in [0, 0.1) is 15.5 Å². The maximum Gasteiger partial charge on any atom is 0.311 e. The molecule has 1 aromatic heterocycles. The summed E-state index contributed by atoms with van der Waals surface area (Å²) in [6.45, 7) is 0.0750. The van der Waals surface area contributed by atoms with Crippen LogP contribution in [0.1, 0.15) is 23.3 Å². The van der Waals surface area contributed by atoms with Crippen molar-refractivity contribution in [3.05, 3.63) is 52.3 Å². The molecular formula is C15H14N4O5. The first-order valence-corrected chi connectivity index (χ1v) is 7.23. The zero-order valence-corrected chi connectivity index (χ0v) is 12.5. The number of non-ortho nitro benzene ring substituents is 1. The Bertz CT molecular complexity index is 808. The molecule has 0 saturated heterocycles. The fourth-order valence-electron chi connectivity index (χ4n) is 2.27. The Balaban J connectivity index is 1.67. The van der Waals surface area contributed by atoms with Gasteiger partial charge in [-0.25, -0.2) is 4.68 Å². The first kappa shape index (κ1) is 15.7. The number of carboxylic acid groups (broad SMARTS) is 1. The van der Waals surface area contributed by atoms with Crippen molar-refractivity contribution in [2.75, 3.05) is 6.54 Å². The first-order chi connectivity index (χ1) is 11.4. The summed E-state index contributed by atoms with van der Waals surface area (Å²) >= 11 is 0. The minimum atomic E-state index is -0.904. The number of amides is 1. The molecule has 1 amide bonds. The molecule has 0 bridgehead atoms. The fourth-order valence-corrected chi connectivity index (χ4v) is 2.27. The van der Waals surface area contributed by atoms with E-state index in [1.165, 1.54) is 35.0 Å². The highest BCUT2D eigenvalue weighted by Crippen LogP contribution is 2.45. The van der Waals surface area contributed by atoms with E-state index >= 15 is 0 Å². The Morgan fingerprint density at radius 3 is 2.50 bits per heavy atom. The van der Waals surface area contributed by atoms with Crippen molar-refractivity contribution in [3.8, 4) is 5.69 Å². The molecule has 0 atom stereocenters. The summed E-state index contributed by atoms with van der Waals surface area (Å²) in [7, 11) is 0. The van der Waals surface area contributed by atoms with E-state index in [2.05, 4.69) is 10.4 Å². The first-order valence-electron chi connectivity index (χ1n) is 7.23. The van der Waals surface area contributed by atoms with Crippen LogP contribution in [0.2, 0.25) is 0 Å². The minimum Gasteiger partial charge on any atom is -0.481 e. The third-order valence-electron chi connectivity index (χ3n) is 4.04. The molecule has 1 fully saturated rings. The number of carboxylic acids is 1. The Hall–Kier alpha value is -3.23. The van der Waals surface area contributed by atoms with Crippen LogP contribution in [0.3, 0.4) is 0 Å². The predicted octanol–water partition coefficient (Wildman–Crippen LogP) is 1.38. The molecule has 0 unspecified atom stereocenters. The number of hydrogen-bond donors (Lipinski definition) is 2. The Morgan fingerprint density at radius 2 is 1.96 bits per heavy atom. The van der Waals surface area contributed by atoms with Gasteiger partial charge in [-0.1, -0.05) is 0 Å². The van der Waals surface area contributed by atoms with Gasteiger partial charge in [0.2, 0.25) is 0 Å². The van der Waals surface area contributed by atoms with Crippen molar-refractivity contribution in [2.24, 2.45) is 5.41 Å². The van der Waals surface area contributed by atoms with Gasteiger partial charge in [0.15, 0.2) is 5.69 Å². The number of aromatic nitrogens is 2. The SMILES string of the molecule is O=C(NCC1(C(=O)O)CC1)c1ccn(-c2ccc([N+](=O)[O-])cc2)n1. The number of carbonyl (C=O) groups is 2. The molecular weight excluding hydrogens is 316 g/mol. The summed E-state index contributed by atoms with van der Waals surface area (Å²) in [6.07, 6.45) is 2.67. The highest BCUT2D eigenvalue weighted by molar-refractivity contribution is 5.92. The quantitative estimate of drug-likeness (QED) is 0.608. The topological polar surface area (TPSA) is 127 Å². The van der Waals surface area contributed by atoms with E-state index in [9.17, 15) is 19.7 Å². The zero-order chi connectivity index (χ0) is 17.3. The molecule has 1 aromatic carbocycles. The standard InChI is InChI=1S/C15H14N4O5/c20-13(16-9-15(6-7-15)14(21)22)12-5-8-18(17-12)10-1-3-11(4-2-10)19(23)24/h1-5,8H,6-7,9H2,(H,16,20)(H,21,22). The number of nitro benzene ring substituents is 1. The van der Waals surface area contributed by atoms with Gasteiger partial charge in [0, 0.05) is 24.9 Å². The van der Waals surface area contributed by atoms with Crippen LogP contribution in [-0.4, -0.2) is 38.2 Å². The van der Waals surface area contributed by atoms with Crippen molar-refractivity contribution in [3.63, 3.8) is 0 Å². The Kier molecular flexibility index (Phi) is 3.76. The average Bonchev–Trinajstić information content (AvgIpc) is 3.21. The van der Waals surface area contributed by atoms with Crippen LogP contribution >= 0.6 is 0 Å². The van der Waals surface area contributed by atoms with Gasteiger partial charge < -0.3 is 10.4 Å². The third kappa shape index (κ3) is 2.96. The van der Waals surface area contributed by atoms with E-state index in [1.807, 2.05) is 0 Å². The van der Waals surface area contributed by atoms with E-state index in [4.69, 9.17) is 5.11 Å². The van der Waals surface area contributed by atoms with Gasteiger partial charge in [-0.2, -0.15) is 5.10 Å². The van der Waals surface area contributed by atoms with Crippen LogP contribution in [-0.2, 0) is 4.79 Å². The number of carbonyl (C=O) groups excluding carboxylic acids is 1. The zero-order valence-electron chi connectivity index (χ0n) is 12.5. The summed E-state index contributed by atoms with van der Waals surface area (Å²) in [5, 5.41) is 26.4. The molecule has 9 heteroatoms. The van der Waals surface area contributed by atoms with Gasteiger partial charge in [0.1, 0.15) is 0 Å². The van der Waals surface area contributed by atoms with Crippen molar-refractivity contribution in [2.45, 2.75) is 12.8 Å². The van der Waals surface area contributed by atoms with Crippen LogP contribution in [0.15, 0.2) is 36.5 Å². The fraction of sp³-hybridized carbons (Fsp3) is 0.267. The summed E-state index contributed by atoms with van der Waals surface area (Å²) in [4.78, 5) is 33.3. The second-order valence-corrected chi connectivity index (χ2v) is 5.69. The van der Waals surface area contributed by atoms with Gasteiger partial charge in [0.25, 0.3) is 11.6 Å². The number of hydrogen-bond acceptors (Lipinski definition) is 5. The van der Waals surface area contributed by atoms with Gasteiger partial charge in [-0.15, -0.1) is 0 Å². The molecule has 0 radical (unpaired) electrons. The lowest BCUT2D eigenvalue weighted by atomic mass is 10.1. The molecule has 0 spiro atoms. The molecule has 1 saturated carbocycles. The second-order valence-electron chi connectivity index (χ2n) is 5.69. The van der Waals surface area contributed by atoms with E-state index in [0.29, 0.717) is 18.5 Å². The molecule has 124 valence electrons. The lowest BCUT2D eigenvalue weighted by Crippen LogP contribution is -2.34. The summed E-state index contributed by atoms with van der Waals surface area (Å²) in [5.74, 6) is -1.36. The smallest absolute Gasteiger partial charge is 0.311 e. The van der Waals surface area contributed by atoms with E-state index < -0.39 is 22.2 Å². The predicted molar refractivity (Wildman–Crippen MR) is 81.9 cm³/mol.